The van der Waals surface area contributed by atoms with Gasteiger partial charge in [0.15, 0.2) is 0 Å². The molecule has 21 heavy (non-hydrogen) atoms. The maximum absolute atomic E-state index is 12.8. The van der Waals surface area contributed by atoms with E-state index in [0.717, 1.165) is 6.42 Å². The molecule has 112 valence electrons. The SMILES string of the molecule is CCCOc1ccccc1-c1cc(=S)nc(C(F)(F)F)[nH]1. The summed E-state index contributed by atoms with van der Waals surface area (Å²) in [4.78, 5) is 5.59. The number of ether oxygens (including phenoxy) is 1. The highest BCUT2D eigenvalue weighted by atomic mass is 32.1. The van der Waals surface area contributed by atoms with Crippen molar-refractivity contribution in [2.45, 2.75) is 19.5 Å². The lowest BCUT2D eigenvalue weighted by Gasteiger charge is -2.13. The first-order valence-electron chi connectivity index (χ1n) is 6.32. The highest BCUT2D eigenvalue weighted by Gasteiger charge is 2.34. The first-order chi connectivity index (χ1) is 9.91. The summed E-state index contributed by atoms with van der Waals surface area (Å²) >= 11 is 4.81. The summed E-state index contributed by atoms with van der Waals surface area (Å²) in [5.74, 6) is -0.611. The number of nitrogens with one attached hydrogen (secondary N) is 1. The minimum absolute atomic E-state index is 0.124. The summed E-state index contributed by atoms with van der Waals surface area (Å²) < 4.78 is 43.8. The molecule has 1 heterocycles. The molecule has 3 nitrogen and oxygen atoms in total. The van der Waals surface area contributed by atoms with Crippen LogP contribution >= 0.6 is 12.2 Å². The summed E-state index contributed by atoms with van der Waals surface area (Å²) in [5, 5.41) is 0. The van der Waals surface area contributed by atoms with Crippen LogP contribution in [0.4, 0.5) is 13.2 Å². The molecular weight excluding hydrogens is 301 g/mol. The highest BCUT2D eigenvalue weighted by Crippen LogP contribution is 2.32. The Morgan fingerprint density at radius 1 is 1.29 bits per heavy atom. The number of halogens is 3. The maximum atomic E-state index is 12.8. The lowest BCUT2D eigenvalue weighted by Crippen LogP contribution is -2.11. The van der Waals surface area contributed by atoms with Gasteiger partial charge in [0.05, 0.1) is 12.3 Å². The minimum Gasteiger partial charge on any atom is -0.493 e. The normalized spacial score (nSPS) is 11.4. The number of para-hydroxylation sites is 1. The van der Waals surface area contributed by atoms with Gasteiger partial charge in [-0.1, -0.05) is 31.3 Å². The van der Waals surface area contributed by atoms with Crippen LogP contribution in [0.5, 0.6) is 5.75 Å². The number of aromatic amines is 1. The van der Waals surface area contributed by atoms with Gasteiger partial charge in [-0.2, -0.15) is 13.2 Å². The van der Waals surface area contributed by atoms with Crippen molar-refractivity contribution in [1.29, 1.82) is 0 Å². The van der Waals surface area contributed by atoms with Crippen LogP contribution in [0.15, 0.2) is 30.3 Å². The topological polar surface area (TPSA) is 37.9 Å². The average Bonchev–Trinajstić information content (AvgIpc) is 2.44. The average molecular weight is 314 g/mol. The minimum atomic E-state index is -4.58. The zero-order valence-electron chi connectivity index (χ0n) is 11.2. The molecule has 0 aliphatic carbocycles. The Balaban J connectivity index is 2.52. The van der Waals surface area contributed by atoms with Crippen LogP contribution in [0.25, 0.3) is 11.3 Å². The van der Waals surface area contributed by atoms with Gasteiger partial charge in [0.25, 0.3) is 0 Å². The molecule has 0 aliphatic heterocycles. The second kappa shape index (κ2) is 6.26. The molecule has 0 atom stereocenters. The Kier molecular flexibility index (Phi) is 4.62. The number of H-pyrrole nitrogens is 1. The molecule has 1 aromatic heterocycles. The zero-order chi connectivity index (χ0) is 15.5. The van der Waals surface area contributed by atoms with Gasteiger partial charge in [-0.15, -0.1) is 0 Å². The molecule has 1 N–H and O–H groups in total. The fourth-order valence-electron chi connectivity index (χ4n) is 1.76. The van der Waals surface area contributed by atoms with E-state index in [2.05, 4.69) is 9.97 Å². The van der Waals surface area contributed by atoms with Crippen molar-refractivity contribution in [3.8, 4) is 17.0 Å². The quantitative estimate of drug-likeness (QED) is 0.837. The Morgan fingerprint density at radius 2 is 2.00 bits per heavy atom. The van der Waals surface area contributed by atoms with Crippen LogP contribution in [0.1, 0.15) is 19.2 Å². The largest absolute Gasteiger partial charge is 0.493 e. The predicted octanol–water partition coefficient (Wildman–Crippen LogP) is 4.61. The number of nitrogens with zero attached hydrogens (tertiary/aromatic N) is 1. The summed E-state index contributed by atoms with van der Waals surface area (Å²) in [6, 6.07) is 8.24. The zero-order valence-corrected chi connectivity index (χ0v) is 12.0. The number of hydrogen-bond acceptors (Lipinski definition) is 3. The molecule has 0 radical (unpaired) electrons. The number of aromatic nitrogens is 2. The number of benzene rings is 1. The van der Waals surface area contributed by atoms with Crippen molar-refractivity contribution in [2.24, 2.45) is 0 Å². The summed E-state index contributed by atoms with van der Waals surface area (Å²) in [6.45, 7) is 2.43. The van der Waals surface area contributed by atoms with Crippen molar-refractivity contribution >= 4 is 12.2 Å². The summed E-state index contributed by atoms with van der Waals surface area (Å²) in [5.41, 5.74) is 0.749. The summed E-state index contributed by atoms with van der Waals surface area (Å²) in [6.07, 6.45) is -3.78. The lowest BCUT2D eigenvalue weighted by molar-refractivity contribution is -0.145. The molecule has 0 aliphatic rings. The molecule has 1 aromatic carbocycles. The van der Waals surface area contributed by atoms with E-state index in [4.69, 9.17) is 17.0 Å². The van der Waals surface area contributed by atoms with E-state index in [-0.39, 0.29) is 10.3 Å². The molecule has 0 fully saturated rings. The van der Waals surface area contributed by atoms with Crippen LogP contribution < -0.4 is 4.74 Å². The third-order valence-electron chi connectivity index (χ3n) is 2.65. The van der Waals surface area contributed by atoms with Crippen LogP contribution in [0.2, 0.25) is 0 Å². The van der Waals surface area contributed by atoms with Gasteiger partial charge in [-0.05, 0) is 24.6 Å². The Morgan fingerprint density at radius 3 is 2.67 bits per heavy atom. The van der Waals surface area contributed by atoms with E-state index in [1.807, 2.05) is 6.92 Å². The molecular formula is C14H13F3N2OS. The number of hydrogen-bond donors (Lipinski definition) is 1. The van der Waals surface area contributed by atoms with Gasteiger partial charge in [0.1, 0.15) is 10.4 Å². The first-order valence-corrected chi connectivity index (χ1v) is 6.73. The fraction of sp³-hybridized carbons (Fsp3) is 0.286. The van der Waals surface area contributed by atoms with Crippen molar-refractivity contribution < 1.29 is 17.9 Å². The molecule has 0 unspecified atom stereocenters. The van der Waals surface area contributed by atoms with Gasteiger partial charge in [-0.25, -0.2) is 4.98 Å². The van der Waals surface area contributed by atoms with E-state index in [9.17, 15) is 13.2 Å². The van der Waals surface area contributed by atoms with Crippen molar-refractivity contribution in [3.63, 3.8) is 0 Å². The van der Waals surface area contributed by atoms with Crippen LogP contribution in [-0.4, -0.2) is 16.6 Å². The third-order valence-corrected chi connectivity index (χ3v) is 2.86. The molecule has 7 heteroatoms. The van der Waals surface area contributed by atoms with Crippen molar-refractivity contribution in [2.75, 3.05) is 6.61 Å². The van der Waals surface area contributed by atoms with Crippen molar-refractivity contribution in [3.05, 3.63) is 40.8 Å². The Bertz CT molecular complexity index is 682. The summed E-state index contributed by atoms with van der Waals surface area (Å²) in [7, 11) is 0. The van der Waals surface area contributed by atoms with Crippen LogP contribution in [0, 0.1) is 4.64 Å². The molecule has 2 aromatic rings. The highest BCUT2D eigenvalue weighted by molar-refractivity contribution is 7.71. The van der Waals surface area contributed by atoms with Gasteiger partial charge < -0.3 is 9.72 Å². The number of rotatable bonds is 4. The van der Waals surface area contributed by atoms with E-state index in [1.165, 1.54) is 6.07 Å². The second-order valence-electron chi connectivity index (χ2n) is 4.32. The first kappa shape index (κ1) is 15.5. The van der Waals surface area contributed by atoms with Crippen LogP contribution in [0.3, 0.4) is 0 Å². The van der Waals surface area contributed by atoms with E-state index >= 15 is 0 Å². The molecule has 0 spiro atoms. The fourth-order valence-corrected chi connectivity index (χ4v) is 1.97. The van der Waals surface area contributed by atoms with E-state index in [1.54, 1.807) is 24.3 Å². The van der Waals surface area contributed by atoms with Crippen LogP contribution in [-0.2, 0) is 6.18 Å². The predicted molar refractivity (Wildman–Crippen MR) is 75.6 cm³/mol. The molecule has 0 bridgehead atoms. The van der Waals surface area contributed by atoms with Gasteiger partial charge in [0.2, 0.25) is 5.82 Å². The van der Waals surface area contributed by atoms with Gasteiger partial charge >= 0.3 is 6.18 Å². The molecule has 0 saturated heterocycles. The van der Waals surface area contributed by atoms with Gasteiger partial charge in [-0.3, -0.25) is 0 Å². The Hall–Kier alpha value is -1.89. The second-order valence-corrected chi connectivity index (χ2v) is 4.74. The third kappa shape index (κ3) is 3.81. The smallest absolute Gasteiger partial charge is 0.449 e. The lowest BCUT2D eigenvalue weighted by atomic mass is 10.1. The van der Waals surface area contributed by atoms with E-state index in [0.29, 0.717) is 17.9 Å². The maximum Gasteiger partial charge on any atom is 0.449 e. The molecule has 0 saturated carbocycles. The molecule has 2 rings (SSSR count). The Labute approximate surface area is 124 Å². The van der Waals surface area contributed by atoms with Gasteiger partial charge in [0, 0.05) is 5.56 Å². The van der Waals surface area contributed by atoms with E-state index < -0.39 is 12.0 Å². The number of alkyl halides is 3. The molecule has 0 amide bonds. The monoisotopic (exact) mass is 314 g/mol. The standard InChI is InChI=1S/C14H13F3N2OS/c1-2-7-20-11-6-4-3-5-9(11)10-8-12(21)19-13(18-10)14(15,16)17/h3-6,8H,2,7H2,1H3,(H,18,19,21). The van der Waals surface area contributed by atoms with Crippen molar-refractivity contribution in [1.82, 2.24) is 9.97 Å².